The monoisotopic (exact) mass is 477 g/mol. The molecule has 0 amide bonds. The van der Waals surface area contributed by atoms with E-state index in [-0.39, 0.29) is 5.92 Å². The number of fused-ring (bicyclic) bond motifs is 3. The first-order valence-corrected chi connectivity index (χ1v) is 14.0. The SMILES string of the molecule is CCCCN(OC(C)(C)c1ccccc1)C(C(C)C)P1(=O)Oc2ccccc2-c2ccccc21. The molecule has 0 spiro atoms. The van der Waals surface area contributed by atoms with E-state index in [0.29, 0.717) is 12.3 Å². The molecular weight excluding hydrogens is 441 g/mol. The van der Waals surface area contributed by atoms with Crippen molar-refractivity contribution < 1.29 is 13.9 Å². The fraction of sp³-hybridized carbons (Fsp3) is 0.379. The summed E-state index contributed by atoms with van der Waals surface area (Å²) in [6.07, 6.45) is 1.95. The van der Waals surface area contributed by atoms with Gasteiger partial charge in [0, 0.05) is 12.1 Å². The minimum Gasteiger partial charge on any atom is -0.438 e. The third-order valence-electron chi connectivity index (χ3n) is 6.44. The summed E-state index contributed by atoms with van der Waals surface area (Å²) in [6.45, 7) is 11.2. The summed E-state index contributed by atoms with van der Waals surface area (Å²) in [5.74, 6) is 0.275. The average molecular weight is 478 g/mol. The van der Waals surface area contributed by atoms with Crippen molar-refractivity contribution in [2.45, 2.75) is 58.8 Å². The Kier molecular flexibility index (Phi) is 7.33. The summed E-state index contributed by atoms with van der Waals surface area (Å²) < 4.78 is 21.5. The third-order valence-corrected chi connectivity index (χ3v) is 9.52. The normalized spacial score (nSPS) is 18.3. The van der Waals surface area contributed by atoms with E-state index >= 15 is 4.57 Å². The summed E-state index contributed by atoms with van der Waals surface area (Å²) in [5.41, 5.74) is 2.45. The van der Waals surface area contributed by atoms with E-state index < -0.39 is 18.8 Å². The molecule has 2 atom stereocenters. The van der Waals surface area contributed by atoms with Gasteiger partial charge in [-0.15, -0.1) is 0 Å². The second kappa shape index (κ2) is 10.1. The molecule has 0 radical (unpaired) electrons. The summed E-state index contributed by atoms with van der Waals surface area (Å²) in [4.78, 5) is 6.75. The van der Waals surface area contributed by atoms with Crippen molar-refractivity contribution in [2.75, 3.05) is 6.54 Å². The molecule has 1 aliphatic heterocycles. The van der Waals surface area contributed by atoms with Crippen LogP contribution in [0.15, 0.2) is 78.9 Å². The molecule has 0 aromatic heterocycles. The van der Waals surface area contributed by atoms with Crippen LogP contribution >= 0.6 is 7.37 Å². The first-order valence-electron chi connectivity index (χ1n) is 12.3. The Morgan fingerprint density at radius 2 is 1.53 bits per heavy atom. The molecule has 0 fully saturated rings. The quantitative estimate of drug-likeness (QED) is 0.235. The van der Waals surface area contributed by atoms with Crippen LogP contribution in [-0.4, -0.2) is 17.4 Å². The molecule has 4 nitrogen and oxygen atoms in total. The Balaban J connectivity index is 1.80. The molecule has 3 aromatic carbocycles. The minimum atomic E-state index is -3.38. The maximum atomic E-state index is 15.0. The van der Waals surface area contributed by atoms with Crippen LogP contribution in [-0.2, 0) is 15.0 Å². The van der Waals surface area contributed by atoms with Gasteiger partial charge >= 0.3 is 0 Å². The Labute approximate surface area is 204 Å². The molecule has 0 saturated heterocycles. The van der Waals surface area contributed by atoms with Gasteiger partial charge in [-0.3, -0.25) is 9.40 Å². The first kappa shape index (κ1) is 24.7. The summed E-state index contributed by atoms with van der Waals surface area (Å²) in [7, 11) is -3.38. The maximum Gasteiger partial charge on any atom is 0.297 e. The van der Waals surface area contributed by atoms with Crippen LogP contribution in [0.1, 0.15) is 53.0 Å². The van der Waals surface area contributed by atoms with Gasteiger partial charge in [0.05, 0.1) is 5.30 Å². The molecule has 34 heavy (non-hydrogen) atoms. The smallest absolute Gasteiger partial charge is 0.297 e. The van der Waals surface area contributed by atoms with Crippen LogP contribution in [0, 0.1) is 5.92 Å². The molecule has 1 aliphatic rings. The van der Waals surface area contributed by atoms with Gasteiger partial charge in [-0.1, -0.05) is 93.9 Å². The van der Waals surface area contributed by atoms with E-state index in [1.54, 1.807) is 0 Å². The molecule has 0 aliphatic carbocycles. The van der Waals surface area contributed by atoms with E-state index in [1.165, 1.54) is 0 Å². The van der Waals surface area contributed by atoms with Crippen LogP contribution in [0.3, 0.4) is 0 Å². The van der Waals surface area contributed by atoms with Crippen LogP contribution in [0.2, 0.25) is 0 Å². The highest BCUT2D eigenvalue weighted by Crippen LogP contribution is 2.60. The topological polar surface area (TPSA) is 38.8 Å². The molecule has 0 bridgehead atoms. The Morgan fingerprint density at radius 1 is 0.912 bits per heavy atom. The molecule has 1 heterocycles. The van der Waals surface area contributed by atoms with Crippen molar-refractivity contribution in [1.29, 1.82) is 0 Å². The second-order valence-electron chi connectivity index (χ2n) is 9.82. The number of benzene rings is 3. The molecule has 0 saturated carbocycles. The van der Waals surface area contributed by atoms with Crippen LogP contribution in [0.4, 0.5) is 0 Å². The summed E-state index contributed by atoms with van der Waals surface area (Å²) >= 11 is 0. The Bertz CT molecular complexity index is 1160. The van der Waals surface area contributed by atoms with Crippen molar-refractivity contribution >= 4 is 12.7 Å². The lowest BCUT2D eigenvalue weighted by Gasteiger charge is -2.43. The highest BCUT2D eigenvalue weighted by atomic mass is 31.2. The van der Waals surface area contributed by atoms with Crippen LogP contribution in [0.5, 0.6) is 5.75 Å². The lowest BCUT2D eigenvalue weighted by molar-refractivity contribution is -0.254. The fourth-order valence-electron chi connectivity index (χ4n) is 4.76. The van der Waals surface area contributed by atoms with Crippen molar-refractivity contribution in [3.05, 3.63) is 84.4 Å². The maximum absolute atomic E-state index is 15.0. The molecule has 2 unspecified atom stereocenters. The standard InChI is InChI=1S/C29H36NO3P/c1-6-7-21-30(33-29(4,5)23-15-9-8-10-16-23)28(22(2)3)34(31)27-20-14-12-18-25(27)24-17-11-13-19-26(24)32-34/h8-20,22,28H,6-7,21H2,1-5H3. The van der Waals surface area contributed by atoms with Crippen LogP contribution < -0.4 is 9.83 Å². The van der Waals surface area contributed by atoms with E-state index in [4.69, 9.17) is 9.36 Å². The molecule has 0 N–H and O–H groups in total. The van der Waals surface area contributed by atoms with Gasteiger partial charge in [0.1, 0.15) is 17.1 Å². The van der Waals surface area contributed by atoms with E-state index in [9.17, 15) is 0 Å². The van der Waals surface area contributed by atoms with Gasteiger partial charge in [0.15, 0.2) is 0 Å². The zero-order valence-corrected chi connectivity index (χ0v) is 21.8. The van der Waals surface area contributed by atoms with Gasteiger partial charge in [-0.05, 0) is 49.4 Å². The molecule has 180 valence electrons. The summed E-state index contributed by atoms with van der Waals surface area (Å²) in [6, 6.07) is 26.0. The van der Waals surface area contributed by atoms with Gasteiger partial charge in [0.2, 0.25) is 0 Å². The first-order chi connectivity index (χ1) is 16.3. The average Bonchev–Trinajstić information content (AvgIpc) is 2.83. The van der Waals surface area contributed by atoms with Gasteiger partial charge < -0.3 is 4.52 Å². The van der Waals surface area contributed by atoms with Crippen molar-refractivity contribution in [1.82, 2.24) is 5.06 Å². The third kappa shape index (κ3) is 4.73. The van der Waals surface area contributed by atoms with E-state index in [2.05, 4.69) is 46.8 Å². The van der Waals surface area contributed by atoms with Crippen molar-refractivity contribution in [2.24, 2.45) is 5.92 Å². The van der Waals surface area contributed by atoms with E-state index in [0.717, 1.165) is 34.8 Å². The lowest BCUT2D eigenvalue weighted by Crippen LogP contribution is -2.47. The molecular formula is C29H36NO3P. The molecule has 5 heteroatoms. The summed E-state index contributed by atoms with van der Waals surface area (Å²) in [5, 5.41) is 2.74. The predicted molar refractivity (Wildman–Crippen MR) is 141 cm³/mol. The minimum absolute atomic E-state index is 0.0348. The van der Waals surface area contributed by atoms with Crippen molar-refractivity contribution in [3.8, 4) is 16.9 Å². The number of unbranched alkanes of at least 4 members (excludes halogenated alkanes) is 1. The largest absolute Gasteiger partial charge is 0.438 e. The zero-order chi connectivity index (χ0) is 24.3. The van der Waals surface area contributed by atoms with Gasteiger partial charge in [-0.2, -0.15) is 5.06 Å². The fourth-order valence-corrected chi connectivity index (χ4v) is 7.81. The number of para-hydroxylation sites is 1. The highest BCUT2D eigenvalue weighted by Gasteiger charge is 2.48. The van der Waals surface area contributed by atoms with Gasteiger partial charge in [0.25, 0.3) is 7.37 Å². The van der Waals surface area contributed by atoms with Crippen molar-refractivity contribution in [3.63, 3.8) is 0 Å². The second-order valence-corrected chi connectivity index (χ2v) is 12.2. The number of rotatable bonds is 9. The lowest BCUT2D eigenvalue weighted by atomic mass is 9.99. The number of nitrogens with zero attached hydrogens (tertiary/aromatic N) is 1. The molecule has 4 rings (SSSR count). The number of hydrogen-bond acceptors (Lipinski definition) is 4. The van der Waals surface area contributed by atoms with Crippen LogP contribution in [0.25, 0.3) is 11.1 Å². The predicted octanol–water partition coefficient (Wildman–Crippen LogP) is 7.60. The van der Waals surface area contributed by atoms with Gasteiger partial charge in [-0.25, -0.2) is 0 Å². The Hall–Kier alpha value is -2.39. The number of hydrogen-bond donors (Lipinski definition) is 0. The van der Waals surface area contributed by atoms with E-state index in [1.807, 2.05) is 71.8 Å². The highest BCUT2D eigenvalue weighted by molar-refractivity contribution is 7.68. The zero-order valence-electron chi connectivity index (χ0n) is 20.9. The number of hydroxylamine groups is 2. The Morgan fingerprint density at radius 3 is 2.21 bits per heavy atom. The molecule has 3 aromatic rings.